The number of halogens is 1. The van der Waals surface area contributed by atoms with Crippen LogP contribution < -0.4 is 15.5 Å². The summed E-state index contributed by atoms with van der Waals surface area (Å²) in [6.45, 7) is 4.59. The third-order valence-electron chi connectivity index (χ3n) is 4.45. The zero-order valence-corrected chi connectivity index (χ0v) is 18.0. The van der Waals surface area contributed by atoms with E-state index in [2.05, 4.69) is 15.5 Å². The summed E-state index contributed by atoms with van der Waals surface area (Å²) in [6.07, 6.45) is 0. The van der Waals surface area contributed by atoms with Gasteiger partial charge in [0.15, 0.2) is 5.11 Å². The summed E-state index contributed by atoms with van der Waals surface area (Å²) >= 11 is 11.3. The Balaban J connectivity index is 1.76. The van der Waals surface area contributed by atoms with E-state index < -0.39 is 11.9 Å². The van der Waals surface area contributed by atoms with Gasteiger partial charge in [-0.15, -0.1) is 0 Å². The van der Waals surface area contributed by atoms with E-state index in [1.807, 2.05) is 6.07 Å². The van der Waals surface area contributed by atoms with Crippen LogP contribution in [0.1, 0.15) is 27.6 Å². The molecule has 1 aliphatic rings. The van der Waals surface area contributed by atoms with Crippen LogP contribution in [0, 0.1) is 0 Å². The number of carbonyl (C=O) groups excluding carboxylic acids is 2. The average molecular weight is 448 g/mol. The molecule has 0 aromatic heterocycles. The first-order chi connectivity index (χ1) is 14.5. The molecular formula is C21H22ClN3O4S. The second-order valence-electron chi connectivity index (χ2n) is 6.44. The third-order valence-corrected chi connectivity index (χ3v) is 4.98. The van der Waals surface area contributed by atoms with Gasteiger partial charge in [-0.05, 0) is 49.5 Å². The molecule has 1 aliphatic heterocycles. The van der Waals surface area contributed by atoms with Crippen LogP contribution >= 0.6 is 23.8 Å². The molecule has 1 saturated heterocycles. The van der Waals surface area contributed by atoms with Crippen LogP contribution in [0.2, 0.25) is 5.02 Å². The van der Waals surface area contributed by atoms with Crippen molar-refractivity contribution in [3.63, 3.8) is 0 Å². The summed E-state index contributed by atoms with van der Waals surface area (Å²) in [6, 6.07) is 12.0. The highest BCUT2D eigenvalue weighted by Crippen LogP contribution is 2.26. The predicted octanol–water partition coefficient (Wildman–Crippen LogP) is 3.48. The van der Waals surface area contributed by atoms with E-state index in [0.29, 0.717) is 48.1 Å². The van der Waals surface area contributed by atoms with Gasteiger partial charge in [0.2, 0.25) is 0 Å². The molecule has 0 radical (unpaired) electrons. The fraction of sp³-hybridized carbons (Fsp3) is 0.286. The number of hydrogen-bond donors (Lipinski definition) is 2. The van der Waals surface area contributed by atoms with Crippen LogP contribution in [-0.2, 0) is 9.47 Å². The summed E-state index contributed by atoms with van der Waals surface area (Å²) in [5.74, 6) is -0.845. The smallest absolute Gasteiger partial charge is 0.340 e. The molecule has 0 aliphatic carbocycles. The predicted molar refractivity (Wildman–Crippen MR) is 121 cm³/mol. The Hall–Kier alpha value is -2.68. The highest BCUT2D eigenvalue weighted by Gasteiger charge is 2.21. The number of ether oxygens (including phenoxy) is 2. The highest BCUT2D eigenvalue weighted by molar-refractivity contribution is 7.80. The van der Waals surface area contributed by atoms with Gasteiger partial charge in [-0.25, -0.2) is 4.79 Å². The molecule has 30 heavy (non-hydrogen) atoms. The van der Waals surface area contributed by atoms with Crippen molar-refractivity contribution in [3.8, 4) is 0 Å². The zero-order valence-electron chi connectivity index (χ0n) is 16.4. The van der Waals surface area contributed by atoms with Crippen LogP contribution in [0.3, 0.4) is 0 Å². The van der Waals surface area contributed by atoms with Gasteiger partial charge in [-0.1, -0.05) is 23.7 Å². The molecule has 1 heterocycles. The normalized spacial score (nSPS) is 13.5. The van der Waals surface area contributed by atoms with Gasteiger partial charge in [-0.3, -0.25) is 10.1 Å². The molecule has 158 valence electrons. The minimum absolute atomic E-state index is 0.0915. The van der Waals surface area contributed by atoms with Crippen molar-refractivity contribution >= 4 is 52.2 Å². The minimum atomic E-state index is -0.423. The van der Waals surface area contributed by atoms with Crippen LogP contribution in [0.5, 0.6) is 0 Å². The molecular weight excluding hydrogens is 426 g/mol. The Morgan fingerprint density at radius 2 is 1.90 bits per heavy atom. The molecule has 2 aromatic rings. The molecule has 2 N–H and O–H groups in total. The van der Waals surface area contributed by atoms with Gasteiger partial charge in [0.25, 0.3) is 5.91 Å². The monoisotopic (exact) mass is 447 g/mol. The van der Waals surface area contributed by atoms with Crippen molar-refractivity contribution in [2.24, 2.45) is 0 Å². The Morgan fingerprint density at radius 3 is 2.60 bits per heavy atom. The summed E-state index contributed by atoms with van der Waals surface area (Å²) in [5.41, 5.74) is 2.06. The molecule has 7 nitrogen and oxygen atoms in total. The maximum atomic E-state index is 12.5. The number of thiocarbonyl (C=S) groups is 1. The zero-order chi connectivity index (χ0) is 21.5. The maximum Gasteiger partial charge on any atom is 0.340 e. The van der Waals surface area contributed by atoms with E-state index in [1.54, 1.807) is 43.3 Å². The lowest BCUT2D eigenvalue weighted by Gasteiger charge is -2.30. The molecule has 2 aromatic carbocycles. The van der Waals surface area contributed by atoms with Crippen molar-refractivity contribution in [2.45, 2.75) is 6.92 Å². The summed E-state index contributed by atoms with van der Waals surface area (Å²) in [4.78, 5) is 27.0. The standard InChI is InChI=1S/C21H22ClN3O4S/c1-2-29-20(27)16-13-14(7-8-18(16)25-9-11-28-12-10-25)23-21(30)24-19(26)15-5-3-4-6-17(15)22/h3-8,13H,2,9-12H2,1H3,(H2,23,24,26,30). The van der Waals surface area contributed by atoms with Crippen molar-refractivity contribution in [3.05, 3.63) is 58.6 Å². The van der Waals surface area contributed by atoms with E-state index >= 15 is 0 Å². The minimum Gasteiger partial charge on any atom is -0.462 e. The van der Waals surface area contributed by atoms with Gasteiger partial charge >= 0.3 is 5.97 Å². The van der Waals surface area contributed by atoms with E-state index in [4.69, 9.17) is 33.3 Å². The fourth-order valence-electron chi connectivity index (χ4n) is 3.04. The van der Waals surface area contributed by atoms with Gasteiger partial charge in [0.05, 0.1) is 41.7 Å². The van der Waals surface area contributed by atoms with Crippen molar-refractivity contribution < 1.29 is 19.1 Å². The van der Waals surface area contributed by atoms with Crippen LogP contribution in [0.25, 0.3) is 0 Å². The molecule has 0 atom stereocenters. The second kappa shape index (κ2) is 10.4. The van der Waals surface area contributed by atoms with Crippen molar-refractivity contribution in [1.82, 2.24) is 5.32 Å². The topological polar surface area (TPSA) is 79.9 Å². The number of amides is 1. The molecule has 0 spiro atoms. The number of carbonyl (C=O) groups is 2. The number of nitrogens with zero attached hydrogens (tertiary/aromatic N) is 1. The fourth-order valence-corrected chi connectivity index (χ4v) is 3.48. The van der Waals surface area contributed by atoms with Crippen molar-refractivity contribution in [2.75, 3.05) is 43.1 Å². The van der Waals surface area contributed by atoms with Gasteiger partial charge in [-0.2, -0.15) is 0 Å². The molecule has 9 heteroatoms. The molecule has 0 bridgehead atoms. The largest absolute Gasteiger partial charge is 0.462 e. The molecule has 0 saturated carbocycles. The number of hydrogen-bond acceptors (Lipinski definition) is 6. The quantitative estimate of drug-likeness (QED) is 0.536. The van der Waals surface area contributed by atoms with Crippen LogP contribution in [0.4, 0.5) is 11.4 Å². The number of morpholine rings is 1. The van der Waals surface area contributed by atoms with Gasteiger partial charge < -0.3 is 19.7 Å². The first-order valence-corrected chi connectivity index (χ1v) is 10.3. The number of nitrogens with one attached hydrogen (secondary N) is 2. The lowest BCUT2D eigenvalue weighted by Crippen LogP contribution is -2.37. The average Bonchev–Trinajstić information content (AvgIpc) is 2.74. The molecule has 1 amide bonds. The van der Waals surface area contributed by atoms with E-state index in [0.717, 1.165) is 5.69 Å². The number of esters is 1. The molecule has 3 rings (SSSR count). The van der Waals surface area contributed by atoms with E-state index in [-0.39, 0.29) is 11.7 Å². The summed E-state index contributed by atoms with van der Waals surface area (Å²) < 4.78 is 10.6. The Kier molecular flexibility index (Phi) is 7.62. The Labute approximate surface area is 185 Å². The lowest BCUT2D eigenvalue weighted by molar-refractivity contribution is 0.0526. The first kappa shape index (κ1) is 22.0. The number of benzene rings is 2. The maximum absolute atomic E-state index is 12.5. The Bertz CT molecular complexity index is 948. The molecule has 1 fully saturated rings. The van der Waals surface area contributed by atoms with Gasteiger partial charge in [0.1, 0.15) is 0 Å². The first-order valence-electron chi connectivity index (χ1n) is 9.50. The van der Waals surface area contributed by atoms with Crippen LogP contribution in [-0.4, -0.2) is 49.9 Å². The summed E-state index contributed by atoms with van der Waals surface area (Å²) in [5, 5.41) is 5.95. The van der Waals surface area contributed by atoms with Crippen molar-refractivity contribution in [1.29, 1.82) is 0 Å². The number of rotatable bonds is 5. The highest BCUT2D eigenvalue weighted by atomic mass is 35.5. The lowest BCUT2D eigenvalue weighted by atomic mass is 10.1. The molecule has 0 unspecified atom stereocenters. The van der Waals surface area contributed by atoms with Gasteiger partial charge in [0, 0.05) is 18.8 Å². The van der Waals surface area contributed by atoms with E-state index in [1.165, 1.54) is 0 Å². The summed E-state index contributed by atoms with van der Waals surface area (Å²) in [7, 11) is 0. The third kappa shape index (κ3) is 5.47. The number of anilines is 2. The van der Waals surface area contributed by atoms with Crippen LogP contribution in [0.15, 0.2) is 42.5 Å². The van der Waals surface area contributed by atoms with E-state index in [9.17, 15) is 9.59 Å². The second-order valence-corrected chi connectivity index (χ2v) is 7.26. The Morgan fingerprint density at radius 1 is 1.17 bits per heavy atom. The SMILES string of the molecule is CCOC(=O)c1cc(NC(=S)NC(=O)c2ccccc2Cl)ccc1N1CCOCC1.